The summed E-state index contributed by atoms with van der Waals surface area (Å²) in [7, 11) is 0. The predicted octanol–water partition coefficient (Wildman–Crippen LogP) is 2.12. The summed E-state index contributed by atoms with van der Waals surface area (Å²) in [6, 6.07) is 4.58. The van der Waals surface area contributed by atoms with E-state index in [-0.39, 0.29) is 0 Å². The Kier molecular flexibility index (Phi) is 6.64. The van der Waals surface area contributed by atoms with Crippen LogP contribution < -0.4 is 15.4 Å². The first-order valence-corrected chi connectivity index (χ1v) is 7.37. The topological polar surface area (TPSA) is 87.7 Å². The molecule has 1 aromatic carbocycles. The van der Waals surface area contributed by atoms with E-state index in [4.69, 9.17) is 4.74 Å². The molecule has 6 nitrogen and oxygen atoms in total. The number of nitrogens with one attached hydrogen (secondary N) is 2. The normalized spacial score (nSPS) is 13.2. The predicted molar refractivity (Wildman–Crippen MR) is 82.1 cm³/mol. The fourth-order valence-corrected chi connectivity index (χ4v) is 1.96. The zero-order chi connectivity index (χ0) is 16.0. The summed E-state index contributed by atoms with van der Waals surface area (Å²) in [6.45, 7) is 5.31. The molecule has 116 valence electrons. The number of aliphatic hydroxyl groups is 1. The number of urea groups is 1. The van der Waals surface area contributed by atoms with Crippen molar-refractivity contribution >= 4 is 27.9 Å². The molecule has 0 aromatic heterocycles. The van der Waals surface area contributed by atoms with Gasteiger partial charge in [0.25, 0.3) is 5.91 Å². The molecule has 3 N–H and O–H groups in total. The molecule has 0 aliphatic rings. The van der Waals surface area contributed by atoms with Gasteiger partial charge in [-0.3, -0.25) is 10.1 Å². The molecule has 1 unspecified atom stereocenters. The molecule has 0 spiro atoms. The van der Waals surface area contributed by atoms with Crippen LogP contribution in [0.15, 0.2) is 22.7 Å². The Morgan fingerprint density at radius 1 is 1.38 bits per heavy atom. The lowest BCUT2D eigenvalue weighted by Crippen LogP contribution is -2.45. The maximum atomic E-state index is 11.8. The van der Waals surface area contributed by atoms with E-state index >= 15 is 0 Å². The number of rotatable bonds is 5. The van der Waals surface area contributed by atoms with Crippen molar-refractivity contribution in [2.75, 3.05) is 6.54 Å². The number of amides is 3. The highest BCUT2D eigenvalue weighted by atomic mass is 79.9. The highest BCUT2D eigenvalue weighted by molar-refractivity contribution is 9.10. The van der Waals surface area contributed by atoms with E-state index in [0.29, 0.717) is 17.9 Å². The number of ether oxygens (including phenoxy) is 1. The van der Waals surface area contributed by atoms with Crippen molar-refractivity contribution in [2.24, 2.45) is 0 Å². The number of halogens is 1. The van der Waals surface area contributed by atoms with Crippen molar-refractivity contribution in [3.05, 3.63) is 28.2 Å². The van der Waals surface area contributed by atoms with Crippen LogP contribution >= 0.6 is 15.9 Å². The van der Waals surface area contributed by atoms with Gasteiger partial charge in [0, 0.05) is 16.6 Å². The van der Waals surface area contributed by atoms with Gasteiger partial charge in [0.1, 0.15) is 5.75 Å². The number of imide groups is 1. The van der Waals surface area contributed by atoms with Crippen LogP contribution in [-0.2, 0) is 4.79 Å². The van der Waals surface area contributed by atoms with Crippen LogP contribution in [0.1, 0.15) is 32.4 Å². The van der Waals surface area contributed by atoms with Crippen molar-refractivity contribution < 1.29 is 19.4 Å². The first-order valence-electron chi connectivity index (χ1n) is 6.58. The summed E-state index contributed by atoms with van der Waals surface area (Å²) in [5.41, 5.74) is 0.566. The molecular formula is C14H19BrN2O4. The van der Waals surface area contributed by atoms with Gasteiger partial charge in [-0.1, -0.05) is 22.0 Å². The molecule has 1 aromatic rings. The molecule has 21 heavy (non-hydrogen) atoms. The number of aliphatic hydroxyl groups excluding tert-OH is 1. The SMILES string of the molecule is CCNC(=O)NC(=O)C(C)Oc1cc(Br)ccc1[C@@H](C)O. The summed E-state index contributed by atoms with van der Waals surface area (Å²) in [5, 5.41) is 14.3. The van der Waals surface area contributed by atoms with Crippen molar-refractivity contribution in [1.82, 2.24) is 10.6 Å². The molecule has 2 atom stereocenters. The average molecular weight is 359 g/mol. The van der Waals surface area contributed by atoms with Gasteiger partial charge in [0.15, 0.2) is 6.10 Å². The summed E-state index contributed by atoms with van der Waals surface area (Å²) in [5.74, 6) is -0.171. The van der Waals surface area contributed by atoms with Crippen LogP contribution in [0.2, 0.25) is 0 Å². The molecule has 0 aliphatic heterocycles. The molecule has 0 radical (unpaired) electrons. The van der Waals surface area contributed by atoms with Crippen LogP contribution in [0.25, 0.3) is 0 Å². The molecule has 3 amide bonds. The molecule has 0 heterocycles. The van der Waals surface area contributed by atoms with Gasteiger partial charge >= 0.3 is 6.03 Å². The molecule has 1 rings (SSSR count). The number of benzene rings is 1. The van der Waals surface area contributed by atoms with E-state index in [2.05, 4.69) is 26.6 Å². The van der Waals surface area contributed by atoms with Crippen molar-refractivity contribution in [2.45, 2.75) is 33.0 Å². The zero-order valence-electron chi connectivity index (χ0n) is 12.1. The molecule has 0 bridgehead atoms. The standard InChI is InChI=1S/C14H19BrN2O4/c1-4-16-14(20)17-13(19)9(3)21-12-7-10(15)5-6-11(12)8(2)18/h5-9,18H,4H2,1-3H3,(H2,16,17,19,20)/t8-,9?/m1/s1. The van der Waals surface area contributed by atoms with Crippen molar-refractivity contribution in [3.8, 4) is 5.75 Å². The molecular weight excluding hydrogens is 340 g/mol. The molecule has 0 saturated carbocycles. The molecule has 0 fully saturated rings. The highest BCUT2D eigenvalue weighted by Gasteiger charge is 2.19. The van der Waals surface area contributed by atoms with E-state index in [9.17, 15) is 14.7 Å². The van der Waals surface area contributed by atoms with Crippen LogP contribution in [0.3, 0.4) is 0 Å². The molecule has 0 saturated heterocycles. The van der Waals surface area contributed by atoms with Crippen LogP contribution in [0.4, 0.5) is 4.79 Å². The highest BCUT2D eigenvalue weighted by Crippen LogP contribution is 2.29. The monoisotopic (exact) mass is 358 g/mol. The van der Waals surface area contributed by atoms with E-state index in [1.165, 1.54) is 6.92 Å². The average Bonchev–Trinajstić information content (AvgIpc) is 2.38. The van der Waals surface area contributed by atoms with E-state index in [1.54, 1.807) is 32.0 Å². The minimum atomic E-state index is -0.876. The lowest BCUT2D eigenvalue weighted by atomic mass is 10.1. The fraction of sp³-hybridized carbons (Fsp3) is 0.429. The fourth-order valence-electron chi connectivity index (χ4n) is 1.62. The lowest BCUT2D eigenvalue weighted by Gasteiger charge is -2.18. The number of hydrogen-bond acceptors (Lipinski definition) is 4. The summed E-state index contributed by atoms with van der Waals surface area (Å²) in [6.07, 6.45) is -1.61. The van der Waals surface area contributed by atoms with E-state index in [1.807, 2.05) is 0 Å². The van der Waals surface area contributed by atoms with E-state index < -0.39 is 24.1 Å². The smallest absolute Gasteiger partial charge is 0.321 e. The van der Waals surface area contributed by atoms with Gasteiger partial charge < -0.3 is 15.2 Å². The zero-order valence-corrected chi connectivity index (χ0v) is 13.7. The minimum absolute atomic E-state index is 0.387. The Morgan fingerprint density at radius 3 is 2.62 bits per heavy atom. The van der Waals surface area contributed by atoms with Gasteiger partial charge in [-0.05, 0) is 32.9 Å². The maximum absolute atomic E-state index is 11.8. The third-order valence-corrected chi connectivity index (χ3v) is 3.17. The Labute approximate surface area is 132 Å². The summed E-state index contributed by atoms with van der Waals surface area (Å²) < 4.78 is 6.31. The van der Waals surface area contributed by atoms with Crippen molar-refractivity contribution in [3.63, 3.8) is 0 Å². The Bertz CT molecular complexity index is 520. The first kappa shape index (κ1) is 17.5. The maximum Gasteiger partial charge on any atom is 0.321 e. The third kappa shape index (κ3) is 5.35. The number of carbonyl (C=O) groups excluding carboxylic acids is 2. The van der Waals surface area contributed by atoms with Crippen LogP contribution in [-0.4, -0.2) is 29.7 Å². The summed E-state index contributed by atoms with van der Waals surface area (Å²) >= 11 is 3.31. The Morgan fingerprint density at radius 2 is 2.05 bits per heavy atom. The Balaban J connectivity index is 2.78. The van der Waals surface area contributed by atoms with E-state index in [0.717, 1.165) is 4.47 Å². The van der Waals surface area contributed by atoms with Gasteiger partial charge in [-0.15, -0.1) is 0 Å². The second kappa shape index (κ2) is 7.99. The lowest BCUT2D eigenvalue weighted by molar-refractivity contribution is -0.126. The van der Waals surface area contributed by atoms with Gasteiger partial charge in [-0.25, -0.2) is 4.79 Å². The molecule has 0 aliphatic carbocycles. The largest absolute Gasteiger partial charge is 0.480 e. The molecule has 7 heteroatoms. The second-order valence-corrected chi connectivity index (χ2v) is 5.38. The van der Waals surface area contributed by atoms with Gasteiger partial charge in [0.2, 0.25) is 0 Å². The minimum Gasteiger partial charge on any atom is -0.480 e. The summed E-state index contributed by atoms with van der Waals surface area (Å²) in [4.78, 5) is 23.1. The number of carbonyl (C=O) groups is 2. The second-order valence-electron chi connectivity index (χ2n) is 4.47. The van der Waals surface area contributed by atoms with Gasteiger partial charge in [0.05, 0.1) is 6.10 Å². The van der Waals surface area contributed by atoms with Crippen LogP contribution in [0, 0.1) is 0 Å². The third-order valence-electron chi connectivity index (χ3n) is 2.67. The van der Waals surface area contributed by atoms with Crippen molar-refractivity contribution in [1.29, 1.82) is 0 Å². The van der Waals surface area contributed by atoms with Gasteiger partial charge in [-0.2, -0.15) is 0 Å². The van der Waals surface area contributed by atoms with Crippen LogP contribution in [0.5, 0.6) is 5.75 Å². The number of hydrogen-bond donors (Lipinski definition) is 3. The Hall–Kier alpha value is -1.60. The quantitative estimate of drug-likeness (QED) is 0.752. The first-order chi connectivity index (χ1) is 9.85.